The van der Waals surface area contributed by atoms with Crippen LogP contribution in [-0.2, 0) is 0 Å². The quantitative estimate of drug-likeness (QED) is 0.877. The summed E-state index contributed by atoms with van der Waals surface area (Å²) < 4.78 is 0. The number of hydrogen-bond acceptors (Lipinski definition) is 5. The molecule has 1 saturated carbocycles. The molecule has 4 fully saturated rings. The van der Waals surface area contributed by atoms with Gasteiger partial charge in [-0.3, -0.25) is 4.98 Å². The lowest BCUT2D eigenvalue weighted by atomic mass is 9.86. The minimum absolute atomic E-state index is 0.520. The maximum Gasteiger partial charge on any atom is 0.101 e. The summed E-state index contributed by atoms with van der Waals surface area (Å²) in [6.07, 6.45) is 7.27. The fourth-order valence-electron chi connectivity index (χ4n) is 6.36. The molecule has 4 aliphatic rings. The molecule has 1 aliphatic carbocycles. The molecule has 2 aromatic rings. The molecule has 1 N–H and O–H groups in total. The van der Waals surface area contributed by atoms with E-state index in [0.29, 0.717) is 16.4 Å². The molecule has 0 amide bonds. The number of nitrogens with zero attached hydrogens (tertiary/aromatic N) is 4. The highest BCUT2D eigenvalue weighted by Gasteiger charge is 2.55. The summed E-state index contributed by atoms with van der Waals surface area (Å²) in [6, 6.07) is 10.5. The third-order valence-electron chi connectivity index (χ3n) is 8.24. The van der Waals surface area contributed by atoms with Crippen LogP contribution in [0.4, 0.5) is 5.69 Å². The van der Waals surface area contributed by atoms with Gasteiger partial charge in [0.25, 0.3) is 0 Å². The van der Waals surface area contributed by atoms with Crippen molar-refractivity contribution in [1.29, 1.82) is 5.26 Å². The van der Waals surface area contributed by atoms with Crippen LogP contribution in [0.1, 0.15) is 31.2 Å². The fourth-order valence-corrected chi connectivity index (χ4v) is 6.36. The first-order chi connectivity index (χ1) is 14.2. The van der Waals surface area contributed by atoms with Gasteiger partial charge in [0, 0.05) is 50.0 Å². The molecular formula is C24H29N5. The van der Waals surface area contributed by atoms with Crippen molar-refractivity contribution in [3.05, 3.63) is 36.0 Å². The van der Waals surface area contributed by atoms with Gasteiger partial charge in [-0.05, 0) is 79.8 Å². The molecule has 2 spiro atoms. The molecule has 2 unspecified atom stereocenters. The first-order valence-corrected chi connectivity index (χ1v) is 11.2. The maximum atomic E-state index is 9.46. The van der Waals surface area contributed by atoms with Gasteiger partial charge in [0.15, 0.2) is 0 Å². The van der Waals surface area contributed by atoms with E-state index in [0.717, 1.165) is 29.9 Å². The average Bonchev–Trinajstić information content (AvgIpc) is 3.07. The highest BCUT2D eigenvalue weighted by Crippen LogP contribution is 2.57. The average molecular weight is 388 g/mol. The van der Waals surface area contributed by atoms with Crippen molar-refractivity contribution >= 4 is 16.6 Å². The summed E-state index contributed by atoms with van der Waals surface area (Å²) in [5.74, 6) is 0.759. The summed E-state index contributed by atoms with van der Waals surface area (Å²) in [7, 11) is 0. The minimum Gasteiger partial charge on any atom is -0.370 e. The Morgan fingerprint density at radius 2 is 2.10 bits per heavy atom. The Labute approximate surface area is 172 Å². The lowest BCUT2D eigenvalue weighted by molar-refractivity contribution is 0.217. The lowest BCUT2D eigenvalue weighted by Gasteiger charge is -2.27. The van der Waals surface area contributed by atoms with Gasteiger partial charge in [-0.1, -0.05) is 0 Å². The SMILES string of the molecule is N#Cc1ccc(N2CC(CN3CCC4(CCNC4)C3)C3(CC3)C2)c2cccnc12. The van der Waals surface area contributed by atoms with Gasteiger partial charge >= 0.3 is 0 Å². The Morgan fingerprint density at radius 3 is 2.90 bits per heavy atom. The lowest BCUT2D eigenvalue weighted by Crippen LogP contribution is -2.35. The summed E-state index contributed by atoms with van der Waals surface area (Å²) in [5.41, 5.74) is 3.86. The van der Waals surface area contributed by atoms with Crippen molar-refractivity contribution in [2.45, 2.75) is 25.7 Å². The number of anilines is 1. The zero-order valence-electron chi connectivity index (χ0n) is 17.0. The Balaban J connectivity index is 1.24. The molecule has 0 bridgehead atoms. The van der Waals surface area contributed by atoms with Crippen molar-refractivity contribution in [2.75, 3.05) is 50.7 Å². The summed E-state index contributed by atoms with van der Waals surface area (Å²) in [4.78, 5) is 9.87. The third-order valence-corrected chi connectivity index (χ3v) is 8.24. The predicted molar refractivity (Wildman–Crippen MR) is 115 cm³/mol. The van der Waals surface area contributed by atoms with Gasteiger partial charge in [-0.2, -0.15) is 5.26 Å². The Hall–Kier alpha value is -2.16. The number of rotatable bonds is 3. The van der Waals surface area contributed by atoms with E-state index in [-0.39, 0.29) is 0 Å². The molecule has 4 heterocycles. The number of aromatic nitrogens is 1. The van der Waals surface area contributed by atoms with Gasteiger partial charge in [-0.15, -0.1) is 0 Å². The van der Waals surface area contributed by atoms with E-state index in [1.807, 2.05) is 12.1 Å². The van der Waals surface area contributed by atoms with Crippen LogP contribution in [0.3, 0.4) is 0 Å². The monoisotopic (exact) mass is 387 g/mol. The van der Waals surface area contributed by atoms with E-state index >= 15 is 0 Å². The Kier molecular flexibility index (Phi) is 3.91. The summed E-state index contributed by atoms with van der Waals surface area (Å²) in [6.45, 7) is 8.54. The van der Waals surface area contributed by atoms with Crippen molar-refractivity contribution < 1.29 is 0 Å². The molecule has 3 aliphatic heterocycles. The van der Waals surface area contributed by atoms with Crippen LogP contribution < -0.4 is 10.2 Å². The molecule has 29 heavy (non-hydrogen) atoms. The standard InChI is InChI=1S/C24H29N5/c25-12-18-3-4-21(20-2-1-9-27-22(18)20)29-14-19(24(17-29)5-6-24)13-28-11-8-23(16-28)7-10-26-15-23/h1-4,9,19,26H,5-8,10-11,13-17H2. The van der Waals surface area contributed by atoms with Gasteiger partial charge in [0.1, 0.15) is 6.07 Å². The van der Waals surface area contributed by atoms with E-state index in [9.17, 15) is 5.26 Å². The molecular weight excluding hydrogens is 358 g/mol. The van der Waals surface area contributed by atoms with E-state index in [4.69, 9.17) is 0 Å². The van der Waals surface area contributed by atoms with Crippen LogP contribution in [0.5, 0.6) is 0 Å². The third kappa shape index (κ3) is 2.85. The van der Waals surface area contributed by atoms with Crippen LogP contribution >= 0.6 is 0 Å². The zero-order chi connectivity index (χ0) is 19.5. The van der Waals surface area contributed by atoms with Crippen molar-refractivity contribution in [3.8, 4) is 6.07 Å². The maximum absolute atomic E-state index is 9.46. The second kappa shape index (κ2) is 6.42. The van der Waals surface area contributed by atoms with Crippen LogP contribution in [0, 0.1) is 28.1 Å². The fraction of sp³-hybridized carbons (Fsp3) is 0.583. The number of benzene rings is 1. The summed E-state index contributed by atoms with van der Waals surface area (Å²) in [5, 5.41) is 14.2. The van der Waals surface area contributed by atoms with Gasteiger partial charge in [0.2, 0.25) is 0 Å². The van der Waals surface area contributed by atoms with Crippen molar-refractivity contribution in [2.24, 2.45) is 16.7 Å². The molecule has 6 rings (SSSR count). The largest absolute Gasteiger partial charge is 0.370 e. The normalized spacial score (nSPS) is 30.6. The molecule has 0 radical (unpaired) electrons. The minimum atomic E-state index is 0.520. The van der Waals surface area contributed by atoms with Gasteiger partial charge in [0.05, 0.1) is 11.1 Å². The van der Waals surface area contributed by atoms with Crippen molar-refractivity contribution in [1.82, 2.24) is 15.2 Å². The number of nitriles is 1. The van der Waals surface area contributed by atoms with Gasteiger partial charge in [-0.25, -0.2) is 0 Å². The van der Waals surface area contributed by atoms with E-state index in [2.05, 4.69) is 38.3 Å². The van der Waals surface area contributed by atoms with Crippen LogP contribution in [0.25, 0.3) is 10.9 Å². The second-order valence-corrected chi connectivity index (χ2v) is 10.00. The molecule has 3 saturated heterocycles. The van der Waals surface area contributed by atoms with E-state index in [1.165, 1.54) is 64.1 Å². The number of hydrogen-bond donors (Lipinski definition) is 1. The van der Waals surface area contributed by atoms with Crippen LogP contribution in [0.2, 0.25) is 0 Å². The van der Waals surface area contributed by atoms with Crippen LogP contribution in [-0.4, -0.2) is 55.7 Å². The molecule has 1 aromatic carbocycles. The van der Waals surface area contributed by atoms with Gasteiger partial charge < -0.3 is 15.1 Å². The van der Waals surface area contributed by atoms with E-state index in [1.54, 1.807) is 6.20 Å². The molecule has 5 heteroatoms. The number of likely N-dealkylation sites (tertiary alicyclic amines) is 1. The topological polar surface area (TPSA) is 55.2 Å². The highest BCUT2D eigenvalue weighted by atomic mass is 15.2. The Morgan fingerprint density at radius 1 is 1.17 bits per heavy atom. The molecule has 150 valence electrons. The number of pyridine rings is 1. The zero-order valence-corrected chi connectivity index (χ0v) is 17.0. The first-order valence-electron chi connectivity index (χ1n) is 11.2. The molecule has 2 atom stereocenters. The first kappa shape index (κ1) is 17.7. The number of fused-ring (bicyclic) bond motifs is 1. The van der Waals surface area contributed by atoms with Crippen molar-refractivity contribution in [3.63, 3.8) is 0 Å². The van der Waals surface area contributed by atoms with E-state index < -0.39 is 0 Å². The summed E-state index contributed by atoms with van der Waals surface area (Å²) >= 11 is 0. The number of nitrogens with one attached hydrogen (secondary N) is 1. The molecule has 5 nitrogen and oxygen atoms in total. The predicted octanol–water partition coefficient (Wildman–Crippen LogP) is 3.01. The molecule has 1 aromatic heterocycles. The smallest absolute Gasteiger partial charge is 0.101 e. The Bertz CT molecular complexity index is 982. The second-order valence-electron chi connectivity index (χ2n) is 10.00. The van der Waals surface area contributed by atoms with Crippen LogP contribution in [0.15, 0.2) is 30.5 Å². The highest BCUT2D eigenvalue weighted by molar-refractivity contribution is 5.95.